The highest BCUT2D eigenvalue weighted by molar-refractivity contribution is 5.82. The monoisotopic (exact) mass is 332 g/mol. The molecule has 7 heteroatoms. The maximum atomic E-state index is 12.6. The molecular weight excluding hydrogens is 308 g/mol. The molecule has 4 rings (SSSR count). The molecule has 2 aliphatic heterocycles. The van der Waals surface area contributed by atoms with E-state index in [-0.39, 0.29) is 5.91 Å². The van der Waals surface area contributed by atoms with Crippen LogP contribution in [0.4, 0.5) is 5.82 Å². The summed E-state index contributed by atoms with van der Waals surface area (Å²) < 4.78 is 11.1. The van der Waals surface area contributed by atoms with E-state index in [1.54, 1.807) is 6.33 Å². The first-order valence-corrected chi connectivity index (χ1v) is 8.86. The maximum Gasteiger partial charge on any atom is 0.253 e. The summed E-state index contributed by atoms with van der Waals surface area (Å²) in [7, 11) is 0. The average Bonchev–Trinajstić information content (AvgIpc) is 2.61. The number of rotatable bonds is 3. The number of hydrogen-bond donors (Lipinski definition) is 0. The second-order valence-corrected chi connectivity index (χ2v) is 6.67. The van der Waals surface area contributed by atoms with Gasteiger partial charge in [-0.15, -0.1) is 0 Å². The molecule has 0 spiro atoms. The molecule has 1 aliphatic carbocycles. The van der Waals surface area contributed by atoms with Crippen molar-refractivity contribution in [2.24, 2.45) is 0 Å². The van der Waals surface area contributed by atoms with Crippen molar-refractivity contribution in [3.05, 3.63) is 18.1 Å². The molecule has 1 aromatic rings. The van der Waals surface area contributed by atoms with Crippen LogP contribution in [0.2, 0.25) is 0 Å². The van der Waals surface area contributed by atoms with Crippen LogP contribution in [0.1, 0.15) is 30.9 Å². The van der Waals surface area contributed by atoms with Crippen LogP contribution in [0, 0.1) is 0 Å². The van der Waals surface area contributed by atoms with Gasteiger partial charge in [0.1, 0.15) is 12.1 Å². The Labute approximate surface area is 142 Å². The minimum Gasteiger partial charge on any atom is -0.378 e. The zero-order chi connectivity index (χ0) is 16.4. The van der Waals surface area contributed by atoms with Crippen LogP contribution in [0.25, 0.3) is 0 Å². The second-order valence-electron chi connectivity index (χ2n) is 6.67. The molecule has 2 saturated heterocycles. The number of carbonyl (C=O) groups excluding carboxylic acids is 1. The summed E-state index contributed by atoms with van der Waals surface area (Å²) in [6.07, 6.45) is 4.96. The summed E-state index contributed by atoms with van der Waals surface area (Å²) in [4.78, 5) is 25.5. The molecule has 1 saturated carbocycles. The van der Waals surface area contributed by atoms with Crippen molar-refractivity contribution in [1.29, 1.82) is 0 Å². The van der Waals surface area contributed by atoms with E-state index in [1.807, 2.05) is 4.90 Å². The van der Waals surface area contributed by atoms with Gasteiger partial charge in [0.05, 0.1) is 26.4 Å². The van der Waals surface area contributed by atoms with Gasteiger partial charge in [0.25, 0.3) is 5.91 Å². The number of nitrogens with zero attached hydrogens (tertiary/aromatic N) is 4. The Morgan fingerprint density at radius 3 is 2.71 bits per heavy atom. The smallest absolute Gasteiger partial charge is 0.253 e. The third-order valence-electron chi connectivity index (χ3n) is 5.19. The molecule has 130 valence electrons. The summed E-state index contributed by atoms with van der Waals surface area (Å²) in [5.41, 5.74) is 1.13. The van der Waals surface area contributed by atoms with E-state index in [9.17, 15) is 4.79 Å². The van der Waals surface area contributed by atoms with Gasteiger partial charge in [-0.25, -0.2) is 9.97 Å². The van der Waals surface area contributed by atoms with Crippen molar-refractivity contribution in [1.82, 2.24) is 14.9 Å². The molecule has 1 amide bonds. The van der Waals surface area contributed by atoms with E-state index in [2.05, 4.69) is 20.9 Å². The molecule has 0 aromatic carbocycles. The Bertz CT molecular complexity index is 587. The second kappa shape index (κ2) is 7.03. The van der Waals surface area contributed by atoms with E-state index in [1.165, 1.54) is 19.3 Å². The summed E-state index contributed by atoms with van der Waals surface area (Å²) in [5, 5.41) is 0. The lowest BCUT2D eigenvalue weighted by molar-refractivity contribution is -0.148. The van der Waals surface area contributed by atoms with Crippen LogP contribution in [-0.2, 0) is 14.3 Å². The molecule has 3 aliphatic rings. The molecule has 0 bridgehead atoms. The minimum atomic E-state index is -0.418. The number of hydrogen-bond acceptors (Lipinski definition) is 6. The number of amides is 1. The number of aromatic nitrogens is 2. The van der Waals surface area contributed by atoms with Gasteiger partial charge in [0, 0.05) is 37.3 Å². The highest BCUT2D eigenvalue weighted by Gasteiger charge is 2.32. The SMILES string of the molecule is O=C(C1CN(c2cc(C3CCC3)ncn2)CCO1)N1CCOCC1. The third-order valence-corrected chi connectivity index (χ3v) is 5.19. The number of carbonyl (C=O) groups is 1. The Morgan fingerprint density at radius 1 is 1.12 bits per heavy atom. The van der Waals surface area contributed by atoms with E-state index in [0.717, 1.165) is 18.1 Å². The molecular formula is C17H24N4O3. The van der Waals surface area contributed by atoms with Gasteiger partial charge in [-0.3, -0.25) is 4.79 Å². The third kappa shape index (κ3) is 3.23. The summed E-state index contributed by atoms with van der Waals surface area (Å²) in [6.45, 7) is 4.38. The topological polar surface area (TPSA) is 67.8 Å². The van der Waals surface area contributed by atoms with Crippen molar-refractivity contribution in [3.63, 3.8) is 0 Å². The van der Waals surface area contributed by atoms with Crippen LogP contribution in [0.15, 0.2) is 12.4 Å². The van der Waals surface area contributed by atoms with Crippen molar-refractivity contribution in [2.75, 3.05) is 50.9 Å². The largest absolute Gasteiger partial charge is 0.378 e. The summed E-state index contributed by atoms with van der Waals surface area (Å²) >= 11 is 0. The van der Waals surface area contributed by atoms with Crippen molar-refractivity contribution in [2.45, 2.75) is 31.3 Å². The Balaban J connectivity index is 1.43. The molecule has 24 heavy (non-hydrogen) atoms. The fraction of sp³-hybridized carbons (Fsp3) is 0.706. The normalized spacial score (nSPS) is 25.4. The van der Waals surface area contributed by atoms with E-state index < -0.39 is 6.10 Å². The predicted molar refractivity (Wildman–Crippen MR) is 88.0 cm³/mol. The number of morpholine rings is 2. The van der Waals surface area contributed by atoms with Gasteiger partial charge in [-0.05, 0) is 12.8 Å². The van der Waals surface area contributed by atoms with Crippen molar-refractivity contribution < 1.29 is 14.3 Å². The van der Waals surface area contributed by atoms with E-state index >= 15 is 0 Å². The Kier molecular flexibility index (Phi) is 4.62. The average molecular weight is 332 g/mol. The van der Waals surface area contributed by atoms with Gasteiger partial charge in [0.15, 0.2) is 6.10 Å². The van der Waals surface area contributed by atoms with Gasteiger partial charge in [-0.2, -0.15) is 0 Å². The zero-order valence-electron chi connectivity index (χ0n) is 13.9. The molecule has 1 unspecified atom stereocenters. The molecule has 0 N–H and O–H groups in total. The van der Waals surface area contributed by atoms with Crippen LogP contribution < -0.4 is 4.90 Å². The fourth-order valence-corrected chi connectivity index (χ4v) is 3.46. The number of ether oxygens (including phenoxy) is 2. The predicted octanol–water partition coefficient (Wildman–Crippen LogP) is 0.808. The molecule has 3 fully saturated rings. The lowest BCUT2D eigenvalue weighted by Gasteiger charge is -2.36. The van der Waals surface area contributed by atoms with Gasteiger partial charge in [-0.1, -0.05) is 6.42 Å². The standard InChI is InChI=1S/C17H24N4O3/c22-17(20-4-7-23-8-5-20)15-11-21(6-9-24-15)16-10-14(18-12-19-16)13-2-1-3-13/h10,12-13,15H,1-9,11H2. The van der Waals surface area contributed by atoms with Crippen LogP contribution >= 0.6 is 0 Å². The van der Waals surface area contributed by atoms with Gasteiger partial charge < -0.3 is 19.3 Å². The van der Waals surface area contributed by atoms with Crippen LogP contribution in [0.5, 0.6) is 0 Å². The first-order chi connectivity index (χ1) is 11.8. The fourth-order valence-electron chi connectivity index (χ4n) is 3.46. The van der Waals surface area contributed by atoms with Crippen molar-refractivity contribution in [3.8, 4) is 0 Å². The van der Waals surface area contributed by atoms with E-state index in [0.29, 0.717) is 45.4 Å². The van der Waals surface area contributed by atoms with Crippen LogP contribution in [0.3, 0.4) is 0 Å². The lowest BCUT2D eigenvalue weighted by Crippen LogP contribution is -2.53. The van der Waals surface area contributed by atoms with E-state index in [4.69, 9.17) is 9.47 Å². The molecule has 7 nitrogen and oxygen atoms in total. The highest BCUT2D eigenvalue weighted by Crippen LogP contribution is 2.36. The van der Waals surface area contributed by atoms with Gasteiger partial charge >= 0.3 is 0 Å². The van der Waals surface area contributed by atoms with Crippen molar-refractivity contribution >= 4 is 11.7 Å². The van der Waals surface area contributed by atoms with Gasteiger partial charge in [0.2, 0.25) is 0 Å². The highest BCUT2D eigenvalue weighted by atomic mass is 16.5. The zero-order valence-corrected chi connectivity index (χ0v) is 13.9. The number of anilines is 1. The first kappa shape index (κ1) is 15.8. The maximum absolute atomic E-state index is 12.6. The Hall–Kier alpha value is -1.73. The summed E-state index contributed by atoms with van der Waals surface area (Å²) in [6, 6.07) is 2.09. The molecule has 1 aromatic heterocycles. The lowest BCUT2D eigenvalue weighted by atomic mass is 9.83. The Morgan fingerprint density at radius 2 is 1.96 bits per heavy atom. The summed E-state index contributed by atoms with van der Waals surface area (Å²) in [5.74, 6) is 1.56. The first-order valence-electron chi connectivity index (χ1n) is 8.86. The van der Waals surface area contributed by atoms with Crippen LogP contribution in [-0.4, -0.2) is 72.9 Å². The molecule has 1 atom stereocenters. The minimum absolute atomic E-state index is 0.0660. The molecule has 3 heterocycles. The molecule has 0 radical (unpaired) electrons. The quantitative estimate of drug-likeness (QED) is 0.816.